The predicted octanol–water partition coefficient (Wildman–Crippen LogP) is 2.59. The molecule has 1 N–H and O–H groups in total. The largest absolute Gasteiger partial charge is 0.482 e. The average molecular weight is 344 g/mol. The lowest BCUT2D eigenvalue weighted by atomic mass is 10.2. The summed E-state index contributed by atoms with van der Waals surface area (Å²) in [4.78, 5) is 25.4. The Kier molecular flexibility index (Phi) is 4.56. The average Bonchev–Trinajstić information content (AvgIpc) is 2.60. The number of carbonyl (C=O) groups excluding carboxylic acids is 2. The van der Waals surface area contributed by atoms with Crippen LogP contribution in [0.4, 0.5) is 15.8 Å². The number of hydrogen-bond acceptors (Lipinski definition) is 4. The second kappa shape index (κ2) is 6.80. The second-order valence-corrected chi connectivity index (χ2v) is 5.60. The molecule has 0 bridgehead atoms. The highest BCUT2D eigenvalue weighted by atomic mass is 19.1. The first-order valence-electron chi connectivity index (χ1n) is 7.71. The molecule has 3 rings (SSSR count). The molecule has 1 heterocycles. The molecule has 0 fully saturated rings. The van der Waals surface area contributed by atoms with E-state index in [1.165, 1.54) is 24.0 Å². The van der Waals surface area contributed by atoms with Crippen molar-refractivity contribution in [2.75, 3.05) is 23.9 Å². The van der Waals surface area contributed by atoms with Gasteiger partial charge in [0.1, 0.15) is 5.75 Å². The molecule has 1 aliphatic rings. The number of para-hydroxylation sites is 1. The number of rotatable bonds is 4. The van der Waals surface area contributed by atoms with Crippen LogP contribution in [0.25, 0.3) is 0 Å². The van der Waals surface area contributed by atoms with E-state index in [0.29, 0.717) is 17.1 Å². The molecule has 0 saturated heterocycles. The highest BCUT2D eigenvalue weighted by molar-refractivity contribution is 5.99. The van der Waals surface area contributed by atoms with Crippen molar-refractivity contribution in [3.8, 4) is 11.5 Å². The Bertz CT molecular complexity index is 824. The third-order valence-corrected chi connectivity index (χ3v) is 3.82. The fraction of sp³-hybridized carbons (Fsp3) is 0.222. The number of carbonyl (C=O) groups is 2. The van der Waals surface area contributed by atoms with Crippen LogP contribution >= 0.6 is 0 Å². The summed E-state index contributed by atoms with van der Waals surface area (Å²) in [5.74, 6) is -0.570. The Balaban J connectivity index is 1.71. The fourth-order valence-corrected chi connectivity index (χ4v) is 2.38. The summed E-state index contributed by atoms with van der Waals surface area (Å²) >= 11 is 0. The van der Waals surface area contributed by atoms with Gasteiger partial charge >= 0.3 is 0 Å². The molecule has 6 nitrogen and oxygen atoms in total. The summed E-state index contributed by atoms with van der Waals surface area (Å²) in [6.07, 6.45) is -0.899. The standard InChI is InChI=1S/C18H17FN2O4/c1-11(25-15-6-4-3-5-13(15)19)18(23)20-12-7-8-16-14(9-12)21(2)17(22)10-24-16/h3-9,11H,10H2,1-2H3,(H,20,23). The van der Waals surface area contributed by atoms with Gasteiger partial charge < -0.3 is 19.7 Å². The van der Waals surface area contributed by atoms with Gasteiger partial charge in [0.15, 0.2) is 24.3 Å². The van der Waals surface area contributed by atoms with E-state index in [1.54, 1.807) is 37.4 Å². The van der Waals surface area contributed by atoms with Crippen LogP contribution in [0.1, 0.15) is 6.92 Å². The minimum absolute atomic E-state index is 0.00863. The molecule has 0 saturated carbocycles. The molecule has 2 amide bonds. The van der Waals surface area contributed by atoms with Crippen molar-refractivity contribution >= 4 is 23.2 Å². The molecule has 0 aromatic heterocycles. The number of ether oxygens (including phenoxy) is 2. The van der Waals surface area contributed by atoms with E-state index < -0.39 is 17.8 Å². The van der Waals surface area contributed by atoms with E-state index in [4.69, 9.17) is 9.47 Å². The van der Waals surface area contributed by atoms with Gasteiger partial charge in [-0.2, -0.15) is 0 Å². The molecule has 7 heteroatoms. The van der Waals surface area contributed by atoms with Crippen molar-refractivity contribution in [2.24, 2.45) is 0 Å². The monoisotopic (exact) mass is 344 g/mol. The predicted molar refractivity (Wildman–Crippen MR) is 90.5 cm³/mol. The van der Waals surface area contributed by atoms with Gasteiger partial charge in [0.05, 0.1) is 5.69 Å². The third-order valence-electron chi connectivity index (χ3n) is 3.82. The number of benzene rings is 2. The van der Waals surface area contributed by atoms with Crippen molar-refractivity contribution < 1.29 is 23.5 Å². The SMILES string of the molecule is CC(Oc1ccccc1F)C(=O)Nc1ccc2c(c1)N(C)C(=O)CO2. The Morgan fingerprint density at radius 1 is 1.32 bits per heavy atom. The van der Waals surface area contributed by atoms with Crippen molar-refractivity contribution in [1.82, 2.24) is 0 Å². The quantitative estimate of drug-likeness (QED) is 0.926. The van der Waals surface area contributed by atoms with E-state index in [-0.39, 0.29) is 18.3 Å². The Morgan fingerprint density at radius 2 is 2.08 bits per heavy atom. The van der Waals surface area contributed by atoms with Crippen LogP contribution in [0, 0.1) is 5.82 Å². The number of likely N-dealkylation sites (N-methyl/N-ethyl adjacent to an activating group) is 1. The lowest BCUT2D eigenvalue weighted by molar-refractivity contribution is -0.122. The molecule has 2 aromatic carbocycles. The van der Waals surface area contributed by atoms with E-state index in [9.17, 15) is 14.0 Å². The lowest BCUT2D eigenvalue weighted by Gasteiger charge is -2.26. The number of halogens is 1. The van der Waals surface area contributed by atoms with Gasteiger partial charge in [-0.05, 0) is 37.3 Å². The van der Waals surface area contributed by atoms with Crippen molar-refractivity contribution in [3.63, 3.8) is 0 Å². The summed E-state index contributed by atoms with van der Waals surface area (Å²) in [7, 11) is 1.64. The van der Waals surface area contributed by atoms with Crippen LogP contribution in [0.3, 0.4) is 0 Å². The first-order chi connectivity index (χ1) is 12.0. The van der Waals surface area contributed by atoms with Crippen LogP contribution < -0.4 is 19.7 Å². The Morgan fingerprint density at radius 3 is 2.84 bits per heavy atom. The van der Waals surface area contributed by atoms with Gasteiger partial charge in [0, 0.05) is 12.7 Å². The van der Waals surface area contributed by atoms with E-state index in [2.05, 4.69) is 5.32 Å². The number of nitrogens with zero attached hydrogens (tertiary/aromatic N) is 1. The summed E-state index contributed by atoms with van der Waals surface area (Å²) in [5, 5.41) is 2.69. The van der Waals surface area contributed by atoms with Crippen LogP contribution in [0.15, 0.2) is 42.5 Å². The first-order valence-corrected chi connectivity index (χ1v) is 7.71. The Hall–Kier alpha value is -3.09. The van der Waals surface area contributed by atoms with Crippen LogP contribution in [-0.4, -0.2) is 31.6 Å². The molecule has 0 radical (unpaired) electrons. The minimum atomic E-state index is -0.899. The Labute approximate surface area is 144 Å². The fourth-order valence-electron chi connectivity index (χ4n) is 2.38. The molecular weight excluding hydrogens is 327 g/mol. The summed E-state index contributed by atoms with van der Waals surface area (Å²) in [6.45, 7) is 1.52. The lowest BCUT2D eigenvalue weighted by Crippen LogP contribution is -2.35. The summed E-state index contributed by atoms with van der Waals surface area (Å²) < 4.78 is 24.3. The van der Waals surface area contributed by atoms with E-state index in [1.807, 2.05) is 0 Å². The highest BCUT2D eigenvalue weighted by Crippen LogP contribution is 2.33. The van der Waals surface area contributed by atoms with Gasteiger partial charge in [-0.25, -0.2) is 4.39 Å². The zero-order valence-electron chi connectivity index (χ0n) is 13.8. The van der Waals surface area contributed by atoms with Gasteiger partial charge in [-0.3, -0.25) is 9.59 Å². The number of nitrogens with one attached hydrogen (secondary N) is 1. The van der Waals surface area contributed by atoms with Crippen molar-refractivity contribution in [3.05, 3.63) is 48.3 Å². The smallest absolute Gasteiger partial charge is 0.265 e. The number of anilines is 2. The normalized spacial score (nSPS) is 14.4. The number of hydrogen-bond donors (Lipinski definition) is 1. The topological polar surface area (TPSA) is 67.9 Å². The first kappa shape index (κ1) is 16.8. The minimum Gasteiger partial charge on any atom is -0.482 e. The van der Waals surface area contributed by atoms with Gasteiger partial charge in [-0.1, -0.05) is 12.1 Å². The van der Waals surface area contributed by atoms with Crippen LogP contribution in [-0.2, 0) is 9.59 Å². The molecule has 1 aliphatic heterocycles. The second-order valence-electron chi connectivity index (χ2n) is 5.60. The molecule has 1 unspecified atom stereocenters. The number of fused-ring (bicyclic) bond motifs is 1. The van der Waals surface area contributed by atoms with Crippen molar-refractivity contribution in [2.45, 2.75) is 13.0 Å². The van der Waals surface area contributed by atoms with Crippen LogP contribution in [0.2, 0.25) is 0 Å². The zero-order chi connectivity index (χ0) is 18.0. The molecule has 0 spiro atoms. The summed E-state index contributed by atoms with van der Waals surface area (Å²) in [6, 6.07) is 10.9. The molecule has 25 heavy (non-hydrogen) atoms. The molecular formula is C18H17FN2O4. The van der Waals surface area contributed by atoms with Gasteiger partial charge in [-0.15, -0.1) is 0 Å². The summed E-state index contributed by atoms with van der Waals surface area (Å²) in [5.41, 5.74) is 1.05. The number of amides is 2. The zero-order valence-corrected chi connectivity index (χ0v) is 13.8. The molecule has 130 valence electrons. The van der Waals surface area contributed by atoms with E-state index in [0.717, 1.165) is 0 Å². The maximum Gasteiger partial charge on any atom is 0.265 e. The van der Waals surface area contributed by atoms with Gasteiger partial charge in [0.25, 0.3) is 11.8 Å². The molecule has 0 aliphatic carbocycles. The maximum atomic E-state index is 13.6. The maximum absolute atomic E-state index is 13.6. The molecule has 2 aromatic rings. The van der Waals surface area contributed by atoms with E-state index >= 15 is 0 Å². The third kappa shape index (κ3) is 3.55. The van der Waals surface area contributed by atoms with Crippen LogP contribution in [0.5, 0.6) is 11.5 Å². The molecule has 1 atom stereocenters. The van der Waals surface area contributed by atoms with Gasteiger partial charge in [0.2, 0.25) is 0 Å². The highest BCUT2D eigenvalue weighted by Gasteiger charge is 2.23. The van der Waals surface area contributed by atoms with Crippen molar-refractivity contribution in [1.29, 1.82) is 0 Å².